The zero-order valence-corrected chi connectivity index (χ0v) is 11.9. The third kappa shape index (κ3) is 5.40. The van der Waals surface area contributed by atoms with E-state index in [0.29, 0.717) is 0 Å². The molecule has 1 aliphatic rings. The Bertz CT molecular complexity index is 392. The molecule has 2 heteroatoms. The molecule has 2 rings (SSSR count). The fourth-order valence-corrected chi connectivity index (χ4v) is 2.96. The summed E-state index contributed by atoms with van der Waals surface area (Å²) in [5, 5.41) is 0. The van der Waals surface area contributed by atoms with Crippen molar-refractivity contribution in [3.05, 3.63) is 35.4 Å². The largest absolute Gasteiger partial charge is 0.373 e. The molecule has 1 aromatic rings. The maximum absolute atomic E-state index is 8.12. The number of hydrogen-bond acceptors (Lipinski definition) is 2. The Balaban J connectivity index is 0.000000550. The molecule has 1 unspecified atom stereocenters. The summed E-state index contributed by atoms with van der Waals surface area (Å²) in [5.41, 5.74) is 3.29. The molecule has 0 N–H and O–H groups in total. The lowest BCUT2D eigenvalue weighted by Gasteiger charge is -2.17. The Morgan fingerprint density at radius 3 is 2.63 bits per heavy atom. The van der Waals surface area contributed by atoms with E-state index in [0.717, 1.165) is 5.92 Å². The lowest BCUT2D eigenvalue weighted by Crippen LogP contribution is -2.00. The average molecular weight is 260 g/mol. The minimum Gasteiger partial charge on any atom is -0.186 e. The van der Waals surface area contributed by atoms with Crippen LogP contribution in [-0.4, -0.2) is 6.15 Å². The highest BCUT2D eigenvalue weighted by Gasteiger charge is 2.17. The molecule has 0 aliphatic heterocycles. The van der Waals surface area contributed by atoms with Crippen LogP contribution in [0.15, 0.2) is 24.3 Å². The van der Waals surface area contributed by atoms with Gasteiger partial charge in [0, 0.05) is 0 Å². The van der Waals surface area contributed by atoms with Gasteiger partial charge < -0.3 is 0 Å². The predicted octanol–water partition coefficient (Wildman–Crippen LogP) is 4.49. The molecule has 1 aromatic carbocycles. The predicted molar refractivity (Wildman–Crippen MR) is 75.9 cm³/mol. The first-order valence-corrected chi connectivity index (χ1v) is 7.40. The first-order valence-electron chi connectivity index (χ1n) is 7.40. The summed E-state index contributed by atoms with van der Waals surface area (Å²) in [4.78, 5) is 16.2. The van der Waals surface area contributed by atoms with Crippen molar-refractivity contribution in [2.24, 2.45) is 0 Å². The molecule has 1 aliphatic carbocycles. The molecule has 0 amide bonds. The number of carbonyl (C=O) groups excluding carboxylic acids is 2. The van der Waals surface area contributed by atoms with E-state index in [1.54, 1.807) is 11.1 Å². The van der Waals surface area contributed by atoms with Crippen LogP contribution in [0.2, 0.25) is 0 Å². The standard InChI is InChI=1S/C16H24.CO2/c1-2-3-4-9-14-10-5-6-11-15-12-7-8-13-16(14)15;2-1-3/h7-8,12-14H,2-6,9-11H2,1H3;. The van der Waals surface area contributed by atoms with E-state index in [4.69, 9.17) is 9.59 Å². The summed E-state index contributed by atoms with van der Waals surface area (Å²) in [5.74, 6) is 0.852. The normalized spacial score (nSPS) is 17.4. The van der Waals surface area contributed by atoms with Gasteiger partial charge in [-0.2, -0.15) is 9.59 Å². The molecule has 1 atom stereocenters. The number of fused-ring (bicyclic) bond motifs is 1. The highest BCUT2D eigenvalue weighted by Crippen LogP contribution is 2.33. The van der Waals surface area contributed by atoms with Crippen LogP contribution in [0, 0.1) is 0 Å². The van der Waals surface area contributed by atoms with Gasteiger partial charge in [0.25, 0.3) is 0 Å². The Morgan fingerprint density at radius 2 is 1.89 bits per heavy atom. The number of benzene rings is 1. The van der Waals surface area contributed by atoms with Crippen molar-refractivity contribution in [3.8, 4) is 0 Å². The van der Waals surface area contributed by atoms with Gasteiger partial charge in [-0.05, 0) is 42.7 Å². The summed E-state index contributed by atoms with van der Waals surface area (Å²) >= 11 is 0. The maximum Gasteiger partial charge on any atom is 0.373 e. The summed E-state index contributed by atoms with van der Waals surface area (Å²) < 4.78 is 0. The van der Waals surface area contributed by atoms with Gasteiger partial charge >= 0.3 is 6.15 Å². The second-order valence-electron chi connectivity index (χ2n) is 5.22. The van der Waals surface area contributed by atoms with Crippen LogP contribution in [0.4, 0.5) is 0 Å². The molecule has 19 heavy (non-hydrogen) atoms. The molecule has 0 aromatic heterocycles. The number of hydrogen-bond donors (Lipinski definition) is 0. The number of unbranched alkanes of at least 4 members (excludes halogenated alkanes) is 2. The van der Waals surface area contributed by atoms with Gasteiger partial charge in [-0.25, -0.2) is 0 Å². The van der Waals surface area contributed by atoms with Gasteiger partial charge in [-0.15, -0.1) is 0 Å². The van der Waals surface area contributed by atoms with Crippen LogP contribution in [0.5, 0.6) is 0 Å². The van der Waals surface area contributed by atoms with Crippen LogP contribution in [0.3, 0.4) is 0 Å². The molecule has 0 bridgehead atoms. The van der Waals surface area contributed by atoms with Crippen molar-refractivity contribution in [2.45, 2.75) is 64.2 Å². The van der Waals surface area contributed by atoms with E-state index in [1.165, 1.54) is 51.4 Å². The maximum atomic E-state index is 8.12. The molecule has 104 valence electrons. The van der Waals surface area contributed by atoms with Crippen LogP contribution in [0.1, 0.15) is 68.9 Å². The van der Waals surface area contributed by atoms with Crippen molar-refractivity contribution < 1.29 is 9.59 Å². The molecule has 0 saturated heterocycles. The molecule has 0 radical (unpaired) electrons. The zero-order valence-electron chi connectivity index (χ0n) is 11.9. The van der Waals surface area contributed by atoms with E-state index in [-0.39, 0.29) is 6.15 Å². The third-order valence-electron chi connectivity index (χ3n) is 3.90. The highest BCUT2D eigenvalue weighted by molar-refractivity contribution is 5.31. The quantitative estimate of drug-likeness (QED) is 0.590. The van der Waals surface area contributed by atoms with Crippen LogP contribution in [0.25, 0.3) is 0 Å². The SMILES string of the molecule is CCCCCC1CCCCc2ccccc21.O=C=O. The van der Waals surface area contributed by atoms with Gasteiger partial charge in [0.2, 0.25) is 0 Å². The van der Waals surface area contributed by atoms with E-state index in [2.05, 4.69) is 31.2 Å². The monoisotopic (exact) mass is 260 g/mol. The van der Waals surface area contributed by atoms with E-state index in [1.807, 2.05) is 0 Å². The lowest BCUT2D eigenvalue weighted by molar-refractivity contribution is -0.191. The highest BCUT2D eigenvalue weighted by atomic mass is 16.2. The molecular formula is C17H24O2. The van der Waals surface area contributed by atoms with Crippen molar-refractivity contribution in [2.75, 3.05) is 0 Å². The van der Waals surface area contributed by atoms with Gasteiger partial charge in [0.15, 0.2) is 0 Å². The van der Waals surface area contributed by atoms with Gasteiger partial charge in [-0.1, -0.05) is 56.9 Å². The van der Waals surface area contributed by atoms with E-state index in [9.17, 15) is 0 Å². The minimum atomic E-state index is 0.250. The molecule has 0 spiro atoms. The average Bonchev–Trinajstić information content (AvgIpc) is 2.63. The van der Waals surface area contributed by atoms with Gasteiger partial charge in [0.1, 0.15) is 0 Å². The van der Waals surface area contributed by atoms with Crippen molar-refractivity contribution in [1.82, 2.24) is 0 Å². The van der Waals surface area contributed by atoms with Crippen molar-refractivity contribution in [1.29, 1.82) is 0 Å². The third-order valence-corrected chi connectivity index (χ3v) is 3.90. The van der Waals surface area contributed by atoms with Gasteiger partial charge in [-0.3, -0.25) is 0 Å². The zero-order chi connectivity index (χ0) is 13.9. The van der Waals surface area contributed by atoms with E-state index >= 15 is 0 Å². The molecule has 0 heterocycles. The van der Waals surface area contributed by atoms with Gasteiger partial charge in [0.05, 0.1) is 0 Å². The fourth-order valence-electron chi connectivity index (χ4n) is 2.96. The van der Waals surface area contributed by atoms with E-state index < -0.39 is 0 Å². The summed E-state index contributed by atoms with van der Waals surface area (Å²) in [6, 6.07) is 9.13. The van der Waals surface area contributed by atoms with Crippen molar-refractivity contribution >= 4 is 6.15 Å². The first-order chi connectivity index (χ1) is 9.33. The minimum absolute atomic E-state index is 0.250. The Labute approximate surface area is 116 Å². The summed E-state index contributed by atoms with van der Waals surface area (Å²) in [7, 11) is 0. The first kappa shape index (κ1) is 15.7. The topological polar surface area (TPSA) is 34.1 Å². The Kier molecular flexibility index (Phi) is 7.84. The molecule has 2 nitrogen and oxygen atoms in total. The number of rotatable bonds is 4. The van der Waals surface area contributed by atoms with Crippen molar-refractivity contribution in [3.63, 3.8) is 0 Å². The molecular weight excluding hydrogens is 236 g/mol. The Morgan fingerprint density at radius 1 is 1.16 bits per heavy atom. The van der Waals surface area contributed by atoms with Crippen LogP contribution < -0.4 is 0 Å². The molecule has 0 saturated carbocycles. The number of aryl methyl sites for hydroxylation is 1. The lowest BCUT2D eigenvalue weighted by atomic mass is 9.88. The smallest absolute Gasteiger partial charge is 0.186 e. The second kappa shape index (κ2) is 9.52. The second-order valence-corrected chi connectivity index (χ2v) is 5.22. The fraction of sp³-hybridized carbons (Fsp3) is 0.588. The summed E-state index contributed by atoms with van der Waals surface area (Å²) in [6.07, 6.45) is 11.3. The molecule has 0 fully saturated rings. The van der Waals surface area contributed by atoms with Crippen LogP contribution >= 0.6 is 0 Å². The Hall–Kier alpha value is -1.40. The summed E-state index contributed by atoms with van der Waals surface area (Å²) in [6.45, 7) is 2.29. The van der Waals surface area contributed by atoms with Crippen LogP contribution in [-0.2, 0) is 16.0 Å².